The number of halogens is 6. The standard InChI is InChI=1S/C24H20F6N4O/c1-3-34-11-18-15(23(34)35)4-5-31-22(18)32-12(2)16-8-20(27)17(9-19(16)26)21-7-13(24(28,29)30)6-14(10-25)33-21/h4-9,12H,3,10-11H2,1-2H3,(H,31,32)/t12-/m0/s1. The largest absolute Gasteiger partial charge is 0.416 e. The van der Waals surface area contributed by atoms with Crippen LogP contribution in [-0.4, -0.2) is 27.3 Å². The second-order valence-corrected chi connectivity index (χ2v) is 8.09. The van der Waals surface area contributed by atoms with Crippen LogP contribution in [0.2, 0.25) is 0 Å². The van der Waals surface area contributed by atoms with Gasteiger partial charge < -0.3 is 10.2 Å². The maximum absolute atomic E-state index is 15.0. The molecule has 0 saturated heterocycles. The van der Waals surface area contributed by atoms with Crippen molar-refractivity contribution in [1.29, 1.82) is 0 Å². The number of carbonyl (C=O) groups is 1. The Kier molecular flexibility index (Phi) is 6.44. The van der Waals surface area contributed by atoms with Gasteiger partial charge >= 0.3 is 6.18 Å². The molecule has 1 aromatic carbocycles. The van der Waals surface area contributed by atoms with Gasteiger partial charge in [0.15, 0.2) is 0 Å². The average molecular weight is 494 g/mol. The van der Waals surface area contributed by atoms with Crippen molar-refractivity contribution in [3.63, 3.8) is 0 Å². The van der Waals surface area contributed by atoms with Crippen LogP contribution in [-0.2, 0) is 19.4 Å². The minimum absolute atomic E-state index is 0.111. The van der Waals surface area contributed by atoms with Gasteiger partial charge in [0.25, 0.3) is 5.91 Å². The highest BCUT2D eigenvalue weighted by atomic mass is 19.4. The maximum atomic E-state index is 15.0. The number of alkyl halides is 4. The van der Waals surface area contributed by atoms with E-state index in [-0.39, 0.29) is 11.5 Å². The van der Waals surface area contributed by atoms with Crippen LogP contribution in [0.5, 0.6) is 0 Å². The first-order chi connectivity index (χ1) is 16.5. The molecule has 5 nitrogen and oxygen atoms in total. The predicted molar refractivity (Wildman–Crippen MR) is 116 cm³/mol. The van der Waals surface area contributed by atoms with Crippen LogP contribution in [0, 0.1) is 11.6 Å². The molecule has 0 aliphatic carbocycles. The van der Waals surface area contributed by atoms with E-state index in [4.69, 9.17) is 0 Å². The van der Waals surface area contributed by atoms with Crippen LogP contribution in [0.15, 0.2) is 36.5 Å². The summed E-state index contributed by atoms with van der Waals surface area (Å²) in [5.74, 6) is -1.73. The first kappa shape index (κ1) is 24.5. The van der Waals surface area contributed by atoms with Gasteiger partial charge in [-0.3, -0.25) is 4.79 Å². The minimum Gasteiger partial charge on any atom is -0.363 e. The van der Waals surface area contributed by atoms with Gasteiger partial charge in [-0.2, -0.15) is 13.2 Å². The lowest BCUT2D eigenvalue weighted by Gasteiger charge is -2.19. The van der Waals surface area contributed by atoms with E-state index in [1.807, 2.05) is 6.92 Å². The summed E-state index contributed by atoms with van der Waals surface area (Å²) in [7, 11) is 0. The fraction of sp³-hybridized carbons (Fsp3) is 0.292. The summed E-state index contributed by atoms with van der Waals surface area (Å²) in [6.45, 7) is 2.91. The van der Waals surface area contributed by atoms with Crippen LogP contribution in [0.1, 0.15) is 52.6 Å². The normalized spacial score (nSPS) is 14.3. The van der Waals surface area contributed by atoms with Crippen LogP contribution in [0.3, 0.4) is 0 Å². The highest BCUT2D eigenvalue weighted by molar-refractivity contribution is 5.99. The number of aromatic nitrogens is 2. The zero-order valence-electron chi connectivity index (χ0n) is 18.7. The van der Waals surface area contributed by atoms with E-state index in [1.165, 1.54) is 6.20 Å². The third-order valence-electron chi connectivity index (χ3n) is 5.83. The van der Waals surface area contributed by atoms with Gasteiger partial charge in [0.05, 0.1) is 29.5 Å². The Morgan fingerprint density at radius 1 is 1.11 bits per heavy atom. The maximum Gasteiger partial charge on any atom is 0.416 e. The molecule has 1 N–H and O–H groups in total. The lowest BCUT2D eigenvalue weighted by molar-refractivity contribution is -0.137. The number of hydrogen-bond acceptors (Lipinski definition) is 4. The molecular weight excluding hydrogens is 474 g/mol. The zero-order valence-corrected chi connectivity index (χ0v) is 18.7. The Balaban J connectivity index is 1.67. The van der Waals surface area contributed by atoms with E-state index in [0.717, 1.165) is 12.1 Å². The number of pyridine rings is 2. The van der Waals surface area contributed by atoms with E-state index in [1.54, 1.807) is 17.9 Å². The van der Waals surface area contributed by atoms with Crippen LogP contribution >= 0.6 is 0 Å². The summed E-state index contributed by atoms with van der Waals surface area (Å²) in [5, 5.41) is 2.99. The summed E-state index contributed by atoms with van der Waals surface area (Å²) >= 11 is 0. The van der Waals surface area contributed by atoms with Gasteiger partial charge in [0.2, 0.25) is 0 Å². The number of rotatable bonds is 6. The summed E-state index contributed by atoms with van der Waals surface area (Å²) in [6.07, 6.45) is -3.38. The van der Waals surface area contributed by atoms with Crippen molar-refractivity contribution in [2.45, 2.75) is 39.3 Å². The van der Waals surface area contributed by atoms with Crippen molar-refractivity contribution < 1.29 is 31.1 Å². The predicted octanol–water partition coefficient (Wildman–Crippen LogP) is 6.06. The Bertz CT molecular complexity index is 1290. The van der Waals surface area contributed by atoms with Gasteiger partial charge in [-0.1, -0.05) is 0 Å². The fourth-order valence-corrected chi connectivity index (χ4v) is 4.00. The molecule has 0 saturated carbocycles. The van der Waals surface area contributed by atoms with Gasteiger partial charge in [0, 0.05) is 35.0 Å². The van der Waals surface area contributed by atoms with Crippen molar-refractivity contribution >= 4 is 11.7 Å². The topological polar surface area (TPSA) is 58.1 Å². The monoisotopic (exact) mass is 494 g/mol. The summed E-state index contributed by atoms with van der Waals surface area (Å²) in [5.41, 5.74) is -1.82. The average Bonchev–Trinajstić information content (AvgIpc) is 3.16. The van der Waals surface area contributed by atoms with Crippen LogP contribution < -0.4 is 5.32 Å². The highest BCUT2D eigenvalue weighted by Gasteiger charge is 2.32. The molecule has 184 valence electrons. The molecule has 4 rings (SSSR count). The summed E-state index contributed by atoms with van der Waals surface area (Å²) < 4.78 is 82.6. The molecule has 0 radical (unpaired) electrons. The molecule has 0 spiro atoms. The van der Waals surface area contributed by atoms with E-state index < -0.39 is 53.0 Å². The van der Waals surface area contributed by atoms with Crippen molar-refractivity contribution in [2.24, 2.45) is 0 Å². The number of nitrogens with zero attached hydrogens (tertiary/aromatic N) is 3. The fourth-order valence-electron chi connectivity index (χ4n) is 4.00. The van der Waals surface area contributed by atoms with E-state index in [9.17, 15) is 26.7 Å². The van der Waals surface area contributed by atoms with Gasteiger partial charge in [0.1, 0.15) is 24.1 Å². The molecule has 0 bridgehead atoms. The molecule has 1 atom stereocenters. The number of amides is 1. The lowest BCUT2D eigenvalue weighted by atomic mass is 10.0. The third kappa shape index (κ3) is 4.67. The Morgan fingerprint density at radius 3 is 2.51 bits per heavy atom. The molecule has 0 unspecified atom stereocenters. The van der Waals surface area contributed by atoms with Crippen LogP contribution in [0.25, 0.3) is 11.3 Å². The van der Waals surface area contributed by atoms with E-state index >= 15 is 4.39 Å². The zero-order chi connectivity index (χ0) is 25.5. The molecule has 11 heteroatoms. The Labute approximate surface area is 196 Å². The smallest absolute Gasteiger partial charge is 0.363 e. The number of fused-ring (bicyclic) bond motifs is 1. The summed E-state index contributed by atoms with van der Waals surface area (Å²) in [4.78, 5) is 21.9. The van der Waals surface area contributed by atoms with Gasteiger partial charge in [-0.15, -0.1) is 0 Å². The summed E-state index contributed by atoms with van der Waals surface area (Å²) in [6, 6.07) is 3.44. The Morgan fingerprint density at radius 2 is 1.86 bits per heavy atom. The lowest BCUT2D eigenvalue weighted by Crippen LogP contribution is -2.22. The highest BCUT2D eigenvalue weighted by Crippen LogP contribution is 2.35. The molecule has 3 aromatic rings. The second kappa shape index (κ2) is 9.20. The molecular formula is C24H20F6N4O. The number of hydrogen-bond donors (Lipinski definition) is 1. The van der Waals surface area contributed by atoms with Crippen LogP contribution in [0.4, 0.5) is 32.2 Å². The molecule has 2 aromatic heterocycles. The van der Waals surface area contributed by atoms with E-state index in [0.29, 0.717) is 42.2 Å². The minimum atomic E-state index is -4.81. The van der Waals surface area contributed by atoms with Crippen molar-refractivity contribution in [3.05, 3.63) is 76.1 Å². The number of anilines is 1. The molecule has 1 aliphatic heterocycles. The third-order valence-corrected chi connectivity index (χ3v) is 5.83. The Hall–Kier alpha value is -3.63. The number of benzene rings is 1. The molecule has 0 fully saturated rings. The molecule has 3 heterocycles. The molecule has 35 heavy (non-hydrogen) atoms. The van der Waals surface area contributed by atoms with E-state index in [2.05, 4.69) is 15.3 Å². The first-order valence-corrected chi connectivity index (χ1v) is 10.7. The number of nitrogens with one attached hydrogen (secondary N) is 1. The molecule has 1 amide bonds. The van der Waals surface area contributed by atoms with Crippen molar-refractivity contribution in [3.8, 4) is 11.3 Å². The van der Waals surface area contributed by atoms with Gasteiger partial charge in [-0.05, 0) is 44.2 Å². The number of carbonyl (C=O) groups excluding carboxylic acids is 1. The van der Waals surface area contributed by atoms with Crippen molar-refractivity contribution in [1.82, 2.24) is 14.9 Å². The van der Waals surface area contributed by atoms with Gasteiger partial charge in [-0.25, -0.2) is 23.1 Å². The first-order valence-electron chi connectivity index (χ1n) is 10.7. The SMILES string of the molecule is CCN1Cc2c(ccnc2N[C@@H](C)c2cc(F)c(-c3cc(C(F)(F)F)cc(CF)n3)cc2F)C1=O. The van der Waals surface area contributed by atoms with Crippen molar-refractivity contribution in [2.75, 3.05) is 11.9 Å². The molecule has 1 aliphatic rings. The quantitative estimate of drug-likeness (QED) is 0.424. The second-order valence-electron chi connectivity index (χ2n) is 8.09.